The molecule has 1 aliphatic heterocycles. The molecule has 28 heavy (non-hydrogen) atoms. The van der Waals surface area contributed by atoms with Crippen molar-refractivity contribution in [2.45, 2.75) is 32.7 Å². The highest BCUT2D eigenvalue weighted by Gasteiger charge is 2.26. The van der Waals surface area contributed by atoms with Crippen molar-refractivity contribution in [3.8, 4) is 0 Å². The van der Waals surface area contributed by atoms with Crippen LogP contribution in [-0.4, -0.2) is 60.8 Å². The number of carbonyl (C=O) groups is 3. The first-order valence-corrected chi connectivity index (χ1v) is 9.71. The lowest BCUT2D eigenvalue weighted by Crippen LogP contribution is -2.46. The molecule has 1 aromatic rings. The number of aromatic carboxylic acids is 1. The number of carboxylic acid groups (broad SMARTS) is 1. The van der Waals surface area contributed by atoms with Crippen LogP contribution in [0.25, 0.3) is 0 Å². The molecule has 0 atom stereocenters. The number of amides is 3. The zero-order valence-electron chi connectivity index (χ0n) is 16.3. The van der Waals surface area contributed by atoms with Crippen LogP contribution in [0.3, 0.4) is 0 Å². The molecule has 1 saturated heterocycles. The average molecular weight is 391 g/mol. The zero-order valence-corrected chi connectivity index (χ0v) is 16.3. The minimum Gasteiger partial charge on any atom is -0.478 e. The van der Waals surface area contributed by atoms with Crippen molar-refractivity contribution < 1.29 is 24.2 Å². The number of hydrogen-bond acceptors (Lipinski definition) is 4. The van der Waals surface area contributed by atoms with E-state index in [0.717, 1.165) is 12.0 Å². The Labute approximate surface area is 165 Å². The Bertz CT molecular complexity index is 654. The van der Waals surface area contributed by atoms with Crippen LogP contribution in [0.1, 0.15) is 42.1 Å². The Balaban J connectivity index is 1.67. The highest BCUT2D eigenvalue weighted by molar-refractivity contribution is 5.87. The minimum atomic E-state index is -0.975. The molecule has 0 aliphatic carbocycles. The fraction of sp³-hybridized carbons (Fsp3) is 0.550. The molecule has 1 aromatic carbocycles. The van der Waals surface area contributed by atoms with E-state index in [1.165, 1.54) is 12.1 Å². The van der Waals surface area contributed by atoms with Gasteiger partial charge < -0.3 is 25.4 Å². The second kappa shape index (κ2) is 11.3. The molecule has 2 rings (SSSR count). The SMILES string of the molecule is CCOCCCNC(=O)C1CCN(C(=O)NCc2ccc(C(=O)O)cc2)CC1. The minimum absolute atomic E-state index is 0.0510. The number of ether oxygens (including phenoxy) is 1. The van der Waals surface area contributed by atoms with E-state index in [1.54, 1.807) is 17.0 Å². The number of hydrogen-bond donors (Lipinski definition) is 3. The molecule has 0 radical (unpaired) electrons. The molecule has 8 heteroatoms. The Kier molecular flexibility index (Phi) is 8.74. The van der Waals surface area contributed by atoms with Gasteiger partial charge in [0.1, 0.15) is 0 Å². The molecule has 0 unspecified atom stereocenters. The van der Waals surface area contributed by atoms with E-state index in [9.17, 15) is 14.4 Å². The fourth-order valence-corrected chi connectivity index (χ4v) is 3.07. The number of carbonyl (C=O) groups excluding carboxylic acids is 2. The fourth-order valence-electron chi connectivity index (χ4n) is 3.07. The summed E-state index contributed by atoms with van der Waals surface area (Å²) >= 11 is 0. The summed E-state index contributed by atoms with van der Waals surface area (Å²) in [4.78, 5) is 37.0. The van der Waals surface area contributed by atoms with E-state index in [-0.39, 0.29) is 23.4 Å². The third kappa shape index (κ3) is 6.84. The van der Waals surface area contributed by atoms with E-state index in [4.69, 9.17) is 9.84 Å². The average Bonchev–Trinajstić information content (AvgIpc) is 2.72. The maximum absolute atomic E-state index is 12.3. The highest BCUT2D eigenvalue weighted by Crippen LogP contribution is 2.17. The van der Waals surface area contributed by atoms with Gasteiger partial charge in [0.2, 0.25) is 5.91 Å². The van der Waals surface area contributed by atoms with Crippen LogP contribution in [0.15, 0.2) is 24.3 Å². The Morgan fingerprint density at radius 1 is 1.14 bits per heavy atom. The van der Waals surface area contributed by atoms with Gasteiger partial charge in [-0.3, -0.25) is 4.79 Å². The van der Waals surface area contributed by atoms with E-state index in [1.807, 2.05) is 6.92 Å². The molecular formula is C20H29N3O5. The molecule has 3 amide bonds. The second-order valence-corrected chi connectivity index (χ2v) is 6.76. The van der Waals surface area contributed by atoms with E-state index < -0.39 is 5.97 Å². The molecule has 0 spiro atoms. The van der Waals surface area contributed by atoms with Crippen LogP contribution in [-0.2, 0) is 16.1 Å². The normalized spacial score (nSPS) is 14.5. The third-order valence-electron chi connectivity index (χ3n) is 4.77. The number of piperidine rings is 1. The Morgan fingerprint density at radius 2 is 1.82 bits per heavy atom. The predicted octanol–water partition coefficient (Wildman–Crippen LogP) is 1.85. The number of rotatable bonds is 9. The number of benzene rings is 1. The largest absolute Gasteiger partial charge is 0.478 e. The van der Waals surface area contributed by atoms with Crippen molar-refractivity contribution in [1.29, 1.82) is 0 Å². The van der Waals surface area contributed by atoms with Crippen molar-refractivity contribution >= 4 is 17.9 Å². The molecule has 0 bridgehead atoms. The number of likely N-dealkylation sites (tertiary alicyclic amines) is 1. The van der Waals surface area contributed by atoms with Crippen LogP contribution in [0, 0.1) is 5.92 Å². The summed E-state index contributed by atoms with van der Waals surface area (Å²) in [5.74, 6) is -0.980. The summed E-state index contributed by atoms with van der Waals surface area (Å²) in [7, 11) is 0. The predicted molar refractivity (Wildman–Crippen MR) is 104 cm³/mol. The zero-order chi connectivity index (χ0) is 20.4. The van der Waals surface area contributed by atoms with Gasteiger partial charge in [0.25, 0.3) is 0 Å². The molecule has 8 nitrogen and oxygen atoms in total. The van der Waals surface area contributed by atoms with Gasteiger partial charge in [-0.1, -0.05) is 12.1 Å². The lowest BCUT2D eigenvalue weighted by Gasteiger charge is -2.31. The first-order chi connectivity index (χ1) is 13.5. The first-order valence-electron chi connectivity index (χ1n) is 9.71. The topological polar surface area (TPSA) is 108 Å². The van der Waals surface area contributed by atoms with Gasteiger partial charge in [-0.05, 0) is 43.9 Å². The van der Waals surface area contributed by atoms with Crippen LogP contribution < -0.4 is 10.6 Å². The van der Waals surface area contributed by atoms with Gasteiger partial charge in [-0.15, -0.1) is 0 Å². The summed E-state index contributed by atoms with van der Waals surface area (Å²) < 4.78 is 5.24. The molecule has 0 aromatic heterocycles. The summed E-state index contributed by atoms with van der Waals surface area (Å²) in [5, 5.41) is 14.7. The van der Waals surface area contributed by atoms with E-state index >= 15 is 0 Å². The van der Waals surface area contributed by atoms with Gasteiger partial charge in [0.05, 0.1) is 5.56 Å². The van der Waals surface area contributed by atoms with Gasteiger partial charge in [0.15, 0.2) is 0 Å². The monoisotopic (exact) mass is 391 g/mol. The summed E-state index contributed by atoms with van der Waals surface area (Å²) in [5.41, 5.74) is 1.05. The van der Waals surface area contributed by atoms with Crippen molar-refractivity contribution in [2.24, 2.45) is 5.92 Å². The maximum Gasteiger partial charge on any atom is 0.335 e. The van der Waals surface area contributed by atoms with Crippen molar-refractivity contribution in [2.75, 3.05) is 32.8 Å². The Morgan fingerprint density at radius 3 is 2.43 bits per heavy atom. The quantitative estimate of drug-likeness (QED) is 0.557. The second-order valence-electron chi connectivity index (χ2n) is 6.76. The van der Waals surface area contributed by atoms with Gasteiger partial charge in [-0.25, -0.2) is 9.59 Å². The van der Waals surface area contributed by atoms with Crippen LogP contribution in [0.4, 0.5) is 4.79 Å². The molecule has 3 N–H and O–H groups in total. The van der Waals surface area contributed by atoms with E-state index in [2.05, 4.69) is 10.6 Å². The Hall–Kier alpha value is -2.61. The number of carboxylic acids is 1. The highest BCUT2D eigenvalue weighted by atomic mass is 16.5. The molecular weight excluding hydrogens is 362 g/mol. The summed E-state index contributed by atoms with van der Waals surface area (Å²) in [6, 6.07) is 6.24. The molecule has 0 saturated carbocycles. The van der Waals surface area contributed by atoms with Gasteiger partial charge in [0, 0.05) is 45.3 Å². The van der Waals surface area contributed by atoms with Crippen molar-refractivity contribution in [3.63, 3.8) is 0 Å². The maximum atomic E-state index is 12.3. The first kappa shape index (κ1) is 21.7. The number of nitrogens with one attached hydrogen (secondary N) is 2. The number of urea groups is 1. The smallest absolute Gasteiger partial charge is 0.335 e. The van der Waals surface area contributed by atoms with Gasteiger partial charge >= 0.3 is 12.0 Å². The molecule has 154 valence electrons. The van der Waals surface area contributed by atoms with Crippen LogP contribution in [0.5, 0.6) is 0 Å². The molecule has 1 aliphatic rings. The van der Waals surface area contributed by atoms with Crippen molar-refractivity contribution in [1.82, 2.24) is 15.5 Å². The summed E-state index contributed by atoms with van der Waals surface area (Å²) in [6.07, 6.45) is 2.10. The molecule has 1 heterocycles. The van der Waals surface area contributed by atoms with E-state index in [0.29, 0.717) is 52.2 Å². The standard InChI is InChI=1S/C20H29N3O5/c1-2-28-13-3-10-21-18(24)16-8-11-23(12-9-16)20(27)22-14-15-4-6-17(7-5-15)19(25)26/h4-7,16H,2-3,8-14H2,1H3,(H,21,24)(H,22,27)(H,25,26). The van der Waals surface area contributed by atoms with Crippen molar-refractivity contribution in [3.05, 3.63) is 35.4 Å². The summed E-state index contributed by atoms with van der Waals surface area (Å²) in [6.45, 7) is 5.30. The number of nitrogens with zero attached hydrogens (tertiary/aromatic N) is 1. The van der Waals surface area contributed by atoms with Gasteiger partial charge in [-0.2, -0.15) is 0 Å². The third-order valence-corrected chi connectivity index (χ3v) is 4.77. The molecule has 1 fully saturated rings. The van der Waals surface area contributed by atoms with Crippen LogP contribution in [0.2, 0.25) is 0 Å². The lowest BCUT2D eigenvalue weighted by atomic mass is 9.96. The van der Waals surface area contributed by atoms with Crippen LogP contribution >= 0.6 is 0 Å². The lowest BCUT2D eigenvalue weighted by molar-refractivity contribution is -0.126.